The Morgan fingerprint density at radius 2 is 1.82 bits per heavy atom. The molecule has 0 bridgehead atoms. The number of ether oxygens (including phenoxy) is 1. The van der Waals surface area contributed by atoms with E-state index in [2.05, 4.69) is 56.8 Å². The molecule has 3 aromatic heterocycles. The van der Waals surface area contributed by atoms with E-state index in [0.717, 1.165) is 39.5 Å². The summed E-state index contributed by atoms with van der Waals surface area (Å²) in [7, 11) is 1.65. The topological polar surface area (TPSA) is 95.6 Å². The number of nitrogens with one attached hydrogen (secondary N) is 1. The maximum atomic E-state index is 5.46. The van der Waals surface area contributed by atoms with Crippen LogP contribution in [-0.4, -0.2) is 41.4 Å². The summed E-state index contributed by atoms with van der Waals surface area (Å²) in [4.78, 5) is 17.7. The quantitative estimate of drug-likeness (QED) is 0.427. The highest BCUT2D eigenvalue weighted by molar-refractivity contribution is 5.86. The molecule has 0 unspecified atom stereocenters. The number of methoxy groups -OCH3 is 1. The van der Waals surface area contributed by atoms with Gasteiger partial charge in [-0.3, -0.25) is 0 Å². The Hall–Kier alpha value is -4.27. The van der Waals surface area contributed by atoms with Crippen LogP contribution < -0.4 is 10.1 Å². The number of hydrogen-bond acceptors (Lipinski definition) is 7. The number of benzene rings is 2. The Kier molecular flexibility index (Phi) is 5.01. The van der Waals surface area contributed by atoms with Gasteiger partial charge in [0.15, 0.2) is 0 Å². The van der Waals surface area contributed by atoms with Gasteiger partial charge in [0.05, 0.1) is 23.8 Å². The first-order valence-electron chi connectivity index (χ1n) is 10.5. The summed E-state index contributed by atoms with van der Waals surface area (Å²) in [5, 5.41) is 7.59. The molecule has 0 aliphatic rings. The highest BCUT2D eigenvalue weighted by atomic mass is 16.5. The molecule has 3 heterocycles. The van der Waals surface area contributed by atoms with Crippen molar-refractivity contribution in [3.63, 3.8) is 0 Å². The van der Waals surface area contributed by atoms with Crippen LogP contribution in [0, 0.1) is 0 Å². The van der Waals surface area contributed by atoms with Gasteiger partial charge in [-0.05, 0) is 57.2 Å². The average Bonchev–Trinajstić information content (AvgIpc) is 3.47. The second-order valence-electron chi connectivity index (χ2n) is 8.57. The summed E-state index contributed by atoms with van der Waals surface area (Å²) in [6, 6.07) is 13.8. The van der Waals surface area contributed by atoms with Crippen LogP contribution >= 0.6 is 0 Å². The molecular formula is C24H24N8O. The largest absolute Gasteiger partial charge is 0.497 e. The summed E-state index contributed by atoms with van der Waals surface area (Å²) >= 11 is 0. The molecule has 5 aromatic rings. The maximum absolute atomic E-state index is 5.46. The zero-order chi connectivity index (χ0) is 23.0. The van der Waals surface area contributed by atoms with E-state index in [1.165, 1.54) is 6.33 Å². The predicted molar refractivity (Wildman–Crippen MR) is 127 cm³/mol. The van der Waals surface area contributed by atoms with Crippen LogP contribution in [0.4, 0.5) is 11.6 Å². The van der Waals surface area contributed by atoms with Gasteiger partial charge in [-0.2, -0.15) is 5.10 Å². The van der Waals surface area contributed by atoms with Crippen molar-refractivity contribution in [2.75, 3.05) is 12.4 Å². The number of anilines is 2. The minimum Gasteiger partial charge on any atom is -0.497 e. The van der Waals surface area contributed by atoms with Crippen molar-refractivity contribution in [2.24, 2.45) is 0 Å². The van der Waals surface area contributed by atoms with Crippen molar-refractivity contribution in [1.82, 2.24) is 34.3 Å². The average molecular weight is 441 g/mol. The van der Waals surface area contributed by atoms with Crippen molar-refractivity contribution in [1.29, 1.82) is 0 Å². The van der Waals surface area contributed by atoms with E-state index in [-0.39, 0.29) is 5.54 Å². The third-order valence-electron chi connectivity index (χ3n) is 5.26. The lowest BCUT2D eigenvalue weighted by Gasteiger charge is -2.25. The molecule has 0 radical (unpaired) electrons. The van der Waals surface area contributed by atoms with Gasteiger partial charge in [0, 0.05) is 35.2 Å². The van der Waals surface area contributed by atoms with E-state index in [9.17, 15) is 0 Å². The lowest BCUT2D eigenvalue weighted by molar-refractivity contribution is 0.412. The van der Waals surface area contributed by atoms with E-state index in [4.69, 9.17) is 9.72 Å². The Morgan fingerprint density at radius 3 is 2.52 bits per heavy atom. The molecule has 0 amide bonds. The van der Waals surface area contributed by atoms with E-state index < -0.39 is 0 Å². The van der Waals surface area contributed by atoms with Crippen LogP contribution in [0.1, 0.15) is 20.8 Å². The summed E-state index contributed by atoms with van der Waals surface area (Å²) in [5.41, 5.74) is 4.29. The number of nitrogens with zero attached hydrogens (tertiary/aromatic N) is 7. The first-order valence-corrected chi connectivity index (χ1v) is 10.5. The highest BCUT2D eigenvalue weighted by Crippen LogP contribution is 2.36. The van der Waals surface area contributed by atoms with Gasteiger partial charge in [0.2, 0.25) is 5.95 Å². The van der Waals surface area contributed by atoms with Crippen LogP contribution in [0.25, 0.3) is 28.1 Å². The molecule has 0 fully saturated rings. The van der Waals surface area contributed by atoms with Crippen LogP contribution in [0.5, 0.6) is 5.75 Å². The number of imidazole rings is 1. The van der Waals surface area contributed by atoms with Crippen LogP contribution in [0.2, 0.25) is 0 Å². The summed E-state index contributed by atoms with van der Waals surface area (Å²) in [5.74, 6) is 2.10. The summed E-state index contributed by atoms with van der Waals surface area (Å²) in [6.07, 6.45) is 6.59. The van der Waals surface area contributed by atoms with Gasteiger partial charge >= 0.3 is 0 Å². The molecule has 0 atom stereocenters. The fourth-order valence-corrected chi connectivity index (χ4v) is 3.86. The zero-order valence-electron chi connectivity index (χ0n) is 18.9. The normalized spacial score (nSPS) is 11.6. The fourth-order valence-electron chi connectivity index (χ4n) is 3.86. The molecule has 0 aliphatic carbocycles. The molecule has 1 N–H and O–H groups in total. The Morgan fingerprint density at radius 1 is 1.00 bits per heavy atom. The van der Waals surface area contributed by atoms with Gasteiger partial charge in [-0.1, -0.05) is 0 Å². The van der Waals surface area contributed by atoms with Crippen molar-refractivity contribution in [3.05, 3.63) is 67.5 Å². The minimum atomic E-state index is -0.221. The molecule has 0 saturated heterocycles. The molecule has 0 spiro atoms. The van der Waals surface area contributed by atoms with Gasteiger partial charge in [0.25, 0.3) is 0 Å². The van der Waals surface area contributed by atoms with Gasteiger partial charge in [-0.15, -0.1) is 0 Å². The third kappa shape index (κ3) is 3.89. The minimum absolute atomic E-state index is 0.221. The van der Waals surface area contributed by atoms with Crippen LogP contribution in [-0.2, 0) is 5.54 Å². The van der Waals surface area contributed by atoms with E-state index >= 15 is 0 Å². The Labute approximate surface area is 191 Å². The smallest absolute Gasteiger partial charge is 0.227 e. The van der Waals surface area contributed by atoms with Gasteiger partial charge in [-0.25, -0.2) is 24.6 Å². The second kappa shape index (κ2) is 8.01. The zero-order valence-corrected chi connectivity index (χ0v) is 18.9. The van der Waals surface area contributed by atoms with Crippen LogP contribution in [0.15, 0.2) is 67.5 Å². The standard InChI is InChI=1S/C24H24N8O/c1-24(2,3)32-20-9-6-16(29-23-26-10-5-11-27-23)12-19(20)30-22(32)18-8-7-17(33-4)13-21(18)31-15-25-14-28-31/h5-15H,1-4H3,(H,26,27,29). The maximum Gasteiger partial charge on any atom is 0.227 e. The SMILES string of the molecule is COc1ccc(-c2nc3cc(Nc4ncccn4)ccc3n2C(C)(C)C)c(-n2cncn2)c1. The van der Waals surface area contributed by atoms with Crippen molar-refractivity contribution in [3.8, 4) is 22.8 Å². The van der Waals surface area contributed by atoms with E-state index in [1.807, 2.05) is 30.3 Å². The summed E-state index contributed by atoms with van der Waals surface area (Å²) < 4.78 is 9.43. The van der Waals surface area contributed by atoms with Crippen LogP contribution in [0.3, 0.4) is 0 Å². The van der Waals surface area contributed by atoms with Crippen molar-refractivity contribution < 1.29 is 4.74 Å². The third-order valence-corrected chi connectivity index (χ3v) is 5.26. The lowest BCUT2D eigenvalue weighted by Crippen LogP contribution is -2.23. The highest BCUT2D eigenvalue weighted by Gasteiger charge is 2.25. The molecule has 0 saturated carbocycles. The summed E-state index contributed by atoms with van der Waals surface area (Å²) in [6.45, 7) is 6.50. The van der Waals surface area contributed by atoms with Gasteiger partial charge in [0.1, 0.15) is 24.2 Å². The number of fused-ring (bicyclic) bond motifs is 1. The van der Waals surface area contributed by atoms with Crippen molar-refractivity contribution >= 4 is 22.7 Å². The van der Waals surface area contributed by atoms with Gasteiger partial charge < -0.3 is 14.6 Å². The number of hydrogen-bond donors (Lipinski definition) is 1. The molecular weight excluding hydrogens is 416 g/mol. The molecule has 5 rings (SSSR count). The molecule has 0 aliphatic heterocycles. The fraction of sp³-hybridized carbons (Fsp3) is 0.208. The number of rotatable bonds is 5. The number of aromatic nitrogens is 7. The monoisotopic (exact) mass is 440 g/mol. The first kappa shape index (κ1) is 20.6. The van der Waals surface area contributed by atoms with Crippen molar-refractivity contribution in [2.45, 2.75) is 26.3 Å². The Bertz CT molecular complexity index is 1400. The first-order chi connectivity index (χ1) is 15.9. The molecule has 2 aromatic carbocycles. The molecule has 166 valence electrons. The molecule has 33 heavy (non-hydrogen) atoms. The molecule has 9 nitrogen and oxygen atoms in total. The molecule has 9 heteroatoms. The Balaban J connectivity index is 1.70. The second-order valence-corrected chi connectivity index (χ2v) is 8.57. The predicted octanol–water partition coefficient (Wildman–Crippen LogP) is 4.58. The van der Waals surface area contributed by atoms with E-state index in [0.29, 0.717) is 5.95 Å². The van der Waals surface area contributed by atoms with E-state index in [1.54, 1.807) is 36.6 Å². The lowest BCUT2D eigenvalue weighted by atomic mass is 10.1.